The first-order chi connectivity index (χ1) is 12.9. The molecule has 0 aliphatic heterocycles. The summed E-state index contributed by atoms with van der Waals surface area (Å²) in [4.78, 5) is 42.7. The maximum Gasteiger partial charge on any atom is 0.240 e. The molecule has 1 aliphatic carbocycles. The first-order valence-corrected chi connectivity index (χ1v) is 8.99. The third-order valence-electron chi connectivity index (χ3n) is 4.95. The number of nitrogens with zero attached hydrogens (tertiary/aromatic N) is 2. The van der Waals surface area contributed by atoms with Gasteiger partial charge in [-0.3, -0.25) is 19.4 Å². The van der Waals surface area contributed by atoms with Gasteiger partial charge in [-0.15, -0.1) is 0 Å². The second-order valence-electron chi connectivity index (χ2n) is 7.01. The topological polar surface area (TPSA) is 79.4 Å². The van der Waals surface area contributed by atoms with Crippen molar-refractivity contribution in [3.8, 4) is 0 Å². The summed E-state index contributed by atoms with van der Waals surface area (Å²) in [6, 6.07) is 10.6. The average molecular weight is 365 g/mol. The van der Waals surface area contributed by atoms with Gasteiger partial charge in [-0.05, 0) is 56.0 Å². The molecule has 0 unspecified atom stereocenters. The van der Waals surface area contributed by atoms with E-state index >= 15 is 0 Å². The molecule has 6 nitrogen and oxygen atoms in total. The summed E-state index contributed by atoms with van der Waals surface area (Å²) in [7, 11) is 1.73. The molecule has 1 heterocycles. The molecule has 1 aliphatic rings. The Morgan fingerprint density at radius 2 is 1.85 bits per heavy atom. The summed E-state index contributed by atoms with van der Waals surface area (Å²) in [6.07, 6.45) is 5.25. The minimum absolute atomic E-state index is 0.0702. The van der Waals surface area contributed by atoms with Gasteiger partial charge in [-0.1, -0.05) is 12.1 Å². The van der Waals surface area contributed by atoms with Gasteiger partial charge in [0.1, 0.15) is 5.41 Å². The highest BCUT2D eigenvalue weighted by Gasteiger charge is 2.57. The molecule has 1 N–H and O–H groups in total. The number of hydrogen-bond acceptors (Lipinski definition) is 4. The van der Waals surface area contributed by atoms with E-state index in [1.165, 1.54) is 6.92 Å². The Morgan fingerprint density at radius 1 is 1.15 bits per heavy atom. The van der Waals surface area contributed by atoms with E-state index in [1.54, 1.807) is 48.6 Å². The third kappa shape index (κ3) is 4.22. The summed E-state index contributed by atoms with van der Waals surface area (Å²) < 4.78 is 0. The predicted octanol–water partition coefficient (Wildman–Crippen LogP) is 2.70. The van der Waals surface area contributed by atoms with Crippen molar-refractivity contribution in [2.75, 3.05) is 18.9 Å². The molecule has 0 saturated heterocycles. The minimum atomic E-state index is -0.987. The van der Waals surface area contributed by atoms with Gasteiger partial charge >= 0.3 is 0 Å². The van der Waals surface area contributed by atoms with Crippen LogP contribution in [0.4, 0.5) is 5.69 Å². The molecule has 0 radical (unpaired) electrons. The van der Waals surface area contributed by atoms with Crippen molar-refractivity contribution in [3.63, 3.8) is 0 Å². The Balaban J connectivity index is 1.63. The summed E-state index contributed by atoms with van der Waals surface area (Å²) in [6.45, 7) is 2.02. The lowest BCUT2D eigenvalue weighted by atomic mass is 10.0. The summed E-state index contributed by atoms with van der Waals surface area (Å²) in [5, 5.41) is 2.80. The number of hydrogen-bond donors (Lipinski definition) is 1. The molecular weight excluding hydrogens is 342 g/mol. The molecule has 1 aromatic heterocycles. The van der Waals surface area contributed by atoms with Gasteiger partial charge in [0.2, 0.25) is 11.8 Å². The number of amides is 2. The number of anilines is 1. The fourth-order valence-electron chi connectivity index (χ4n) is 3.04. The Labute approximate surface area is 158 Å². The lowest BCUT2D eigenvalue weighted by molar-refractivity contribution is -0.141. The summed E-state index contributed by atoms with van der Waals surface area (Å²) >= 11 is 0. The number of benzene rings is 1. The molecule has 3 rings (SSSR count). The smallest absolute Gasteiger partial charge is 0.240 e. The van der Waals surface area contributed by atoms with E-state index in [9.17, 15) is 14.4 Å². The average Bonchev–Trinajstić information content (AvgIpc) is 3.48. The zero-order valence-electron chi connectivity index (χ0n) is 15.6. The van der Waals surface area contributed by atoms with E-state index in [4.69, 9.17) is 0 Å². The Morgan fingerprint density at radius 3 is 2.48 bits per heavy atom. The largest absolute Gasteiger partial charge is 0.344 e. The number of ketones is 1. The fraction of sp³-hybridized carbons (Fsp3) is 0.333. The molecular formula is C21H23N3O3. The van der Waals surface area contributed by atoms with Crippen molar-refractivity contribution in [3.05, 3.63) is 59.9 Å². The van der Waals surface area contributed by atoms with Gasteiger partial charge in [0, 0.05) is 37.2 Å². The van der Waals surface area contributed by atoms with Gasteiger partial charge in [0.15, 0.2) is 5.78 Å². The number of likely N-dealkylation sites (N-methyl/N-ethyl adjacent to an activating group) is 1. The second kappa shape index (κ2) is 7.70. The van der Waals surface area contributed by atoms with Crippen LogP contribution in [0, 0.1) is 5.41 Å². The zero-order chi connectivity index (χ0) is 19.4. The molecule has 1 aromatic carbocycles. The van der Waals surface area contributed by atoms with E-state index in [2.05, 4.69) is 10.3 Å². The normalized spacial score (nSPS) is 14.3. The lowest BCUT2D eigenvalue weighted by Crippen LogP contribution is -2.41. The highest BCUT2D eigenvalue weighted by molar-refractivity contribution is 6.13. The standard InChI is InChI=1S/C21H23N3O3/c1-15(25)17-4-3-5-18(14-17)23-19(26)21(9-10-21)20(27)24(2)13-8-16-6-11-22-12-7-16/h3-7,11-12,14H,8-10,13H2,1-2H3,(H,23,26). The summed E-state index contributed by atoms with van der Waals surface area (Å²) in [5.74, 6) is -0.528. The molecule has 2 amide bonds. The van der Waals surface area contributed by atoms with Crippen molar-refractivity contribution in [1.82, 2.24) is 9.88 Å². The number of rotatable bonds is 7. The molecule has 0 atom stereocenters. The molecule has 0 bridgehead atoms. The van der Waals surface area contributed by atoms with Crippen LogP contribution in [0.3, 0.4) is 0 Å². The molecule has 1 saturated carbocycles. The van der Waals surface area contributed by atoms with Gasteiger partial charge in [0.05, 0.1) is 0 Å². The van der Waals surface area contributed by atoms with Crippen molar-refractivity contribution in [1.29, 1.82) is 0 Å². The van der Waals surface area contributed by atoms with Crippen LogP contribution >= 0.6 is 0 Å². The Hall–Kier alpha value is -3.02. The number of aromatic nitrogens is 1. The van der Waals surface area contributed by atoms with Crippen LogP contribution in [0.25, 0.3) is 0 Å². The van der Waals surface area contributed by atoms with Gasteiger partial charge in [-0.25, -0.2) is 0 Å². The number of pyridine rings is 1. The maximum atomic E-state index is 12.9. The van der Waals surface area contributed by atoms with Crippen molar-refractivity contribution < 1.29 is 14.4 Å². The number of Topliss-reactive ketones (excluding diaryl/α,β-unsaturated/α-hetero) is 1. The van der Waals surface area contributed by atoms with E-state index in [1.807, 2.05) is 12.1 Å². The third-order valence-corrected chi connectivity index (χ3v) is 4.95. The first kappa shape index (κ1) is 18.8. The van der Waals surface area contributed by atoms with Crippen LogP contribution in [-0.2, 0) is 16.0 Å². The van der Waals surface area contributed by atoms with Crippen LogP contribution in [-0.4, -0.2) is 41.1 Å². The zero-order valence-corrected chi connectivity index (χ0v) is 15.6. The number of nitrogens with one attached hydrogen (secondary N) is 1. The Kier molecular flexibility index (Phi) is 5.35. The predicted molar refractivity (Wildman–Crippen MR) is 102 cm³/mol. The monoisotopic (exact) mass is 365 g/mol. The highest BCUT2D eigenvalue weighted by Crippen LogP contribution is 2.48. The Bertz CT molecular complexity index is 860. The van der Waals surface area contributed by atoms with E-state index in [0.717, 1.165) is 5.56 Å². The van der Waals surface area contributed by atoms with Crippen LogP contribution in [0.2, 0.25) is 0 Å². The van der Waals surface area contributed by atoms with E-state index in [0.29, 0.717) is 37.1 Å². The van der Waals surface area contributed by atoms with Crippen LogP contribution in [0.1, 0.15) is 35.7 Å². The summed E-state index contributed by atoms with van der Waals surface area (Å²) in [5.41, 5.74) is 1.17. The van der Waals surface area contributed by atoms with E-state index in [-0.39, 0.29) is 17.6 Å². The minimum Gasteiger partial charge on any atom is -0.344 e. The molecule has 140 valence electrons. The van der Waals surface area contributed by atoms with Crippen LogP contribution < -0.4 is 5.32 Å². The van der Waals surface area contributed by atoms with Crippen LogP contribution in [0.5, 0.6) is 0 Å². The molecule has 27 heavy (non-hydrogen) atoms. The fourth-order valence-corrected chi connectivity index (χ4v) is 3.04. The van der Waals surface area contributed by atoms with Gasteiger partial charge < -0.3 is 10.2 Å². The van der Waals surface area contributed by atoms with Crippen LogP contribution in [0.15, 0.2) is 48.8 Å². The van der Waals surface area contributed by atoms with Crippen molar-refractivity contribution in [2.45, 2.75) is 26.2 Å². The number of carbonyl (C=O) groups is 3. The maximum absolute atomic E-state index is 12.9. The molecule has 6 heteroatoms. The van der Waals surface area contributed by atoms with E-state index < -0.39 is 5.41 Å². The highest BCUT2D eigenvalue weighted by atomic mass is 16.2. The quantitative estimate of drug-likeness (QED) is 0.604. The number of carbonyl (C=O) groups excluding carboxylic acids is 3. The molecule has 2 aromatic rings. The SMILES string of the molecule is CC(=O)c1cccc(NC(=O)C2(C(=O)N(C)CCc3ccncc3)CC2)c1. The van der Waals surface area contributed by atoms with Gasteiger partial charge in [-0.2, -0.15) is 0 Å². The van der Waals surface area contributed by atoms with Gasteiger partial charge in [0.25, 0.3) is 0 Å². The molecule has 1 fully saturated rings. The second-order valence-corrected chi connectivity index (χ2v) is 7.01. The molecule has 0 spiro atoms. The van der Waals surface area contributed by atoms with Crippen molar-refractivity contribution in [2.24, 2.45) is 5.41 Å². The lowest BCUT2D eigenvalue weighted by Gasteiger charge is -2.23. The first-order valence-electron chi connectivity index (χ1n) is 8.99. The van der Waals surface area contributed by atoms with Crippen molar-refractivity contribution >= 4 is 23.3 Å².